The van der Waals surface area contributed by atoms with Gasteiger partial charge in [-0.3, -0.25) is 0 Å². The second-order valence-electron chi connectivity index (χ2n) is 3.21. The number of sulfone groups is 1. The van der Waals surface area contributed by atoms with E-state index in [0.717, 1.165) is 23.7 Å². The quantitative estimate of drug-likeness (QED) is 0.928. The molecule has 1 aromatic carbocycles. The van der Waals surface area contributed by atoms with Crippen LogP contribution < -0.4 is 0 Å². The van der Waals surface area contributed by atoms with Gasteiger partial charge in [-0.2, -0.15) is 0 Å². The van der Waals surface area contributed by atoms with Crippen LogP contribution in [0.3, 0.4) is 0 Å². The van der Waals surface area contributed by atoms with E-state index in [2.05, 4.69) is 0 Å². The zero-order chi connectivity index (χ0) is 13.9. The van der Waals surface area contributed by atoms with Gasteiger partial charge in [0.25, 0.3) is 0 Å². The lowest BCUT2D eigenvalue weighted by Crippen LogP contribution is -2.11. The molecular weight excluding hydrogens is 306 g/mol. The van der Waals surface area contributed by atoms with Crippen LogP contribution in [-0.4, -0.2) is 25.2 Å². The van der Waals surface area contributed by atoms with E-state index in [4.69, 9.17) is 28.3 Å². The normalized spacial score (nSPS) is 11.9. The Morgan fingerprint density at radius 2 is 2.06 bits per heavy atom. The fourth-order valence-corrected chi connectivity index (χ4v) is 2.90. The first-order valence-electron chi connectivity index (χ1n) is 4.50. The lowest BCUT2D eigenvalue weighted by atomic mass is 10.2. The van der Waals surface area contributed by atoms with Crippen LogP contribution in [0.2, 0.25) is 5.02 Å². The number of rotatable bonds is 4. The molecule has 18 heavy (non-hydrogen) atoms. The summed E-state index contributed by atoms with van der Waals surface area (Å²) >= 11 is 10.8. The molecule has 0 saturated carbocycles. The zero-order valence-electron chi connectivity index (χ0n) is 8.73. The Balaban J connectivity index is 3.46. The smallest absolute Gasteiger partial charge is 0.338 e. The van der Waals surface area contributed by atoms with E-state index in [1.54, 1.807) is 0 Å². The summed E-state index contributed by atoms with van der Waals surface area (Å²) in [6.07, 6.45) is 1.09. The molecule has 0 spiro atoms. The maximum atomic E-state index is 13.8. The van der Waals surface area contributed by atoms with Crippen molar-refractivity contribution >= 4 is 39.0 Å². The van der Waals surface area contributed by atoms with Crippen LogP contribution in [0.5, 0.6) is 0 Å². The van der Waals surface area contributed by atoms with E-state index in [0.29, 0.717) is 0 Å². The predicted octanol–water partition coefficient (Wildman–Crippen LogP) is 2.70. The minimum atomic E-state index is -4.03. The first-order chi connectivity index (χ1) is 8.29. The highest BCUT2D eigenvalue weighted by molar-refractivity contribution is 7.91. The first kappa shape index (κ1) is 14.9. The van der Waals surface area contributed by atoms with Gasteiger partial charge in [-0.1, -0.05) is 29.3 Å². The summed E-state index contributed by atoms with van der Waals surface area (Å²) in [5, 5.41) is 8.55. The average Bonchev–Trinajstić information content (AvgIpc) is 2.28. The highest BCUT2D eigenvalue weighted by Crippen LogP contribution is 2.24. The van der Waals surface area contributed by atoms with E-state index >= 15 is 0 Å². The Labute approximate surface area is 113 Å². The Hall–Kier alpha value is -1.11. The van der Waals surface area contributed by atoms with E-state index in [1.807, 2.05) is 0 Å². The second-order valence-corrected chi connectivity index (χ2v) is 5.90. The average molecular weight is 313 g/mol. The molecule has 98 valence electrons. The number of carbonyl (C=O) groups is 1. The molecule has 0 atom stereocenters. The highest BCUT2D eigenvalue weighted by atomic mass is 35.5. The molecule has 1 aromatic rings. The predicted molar refractivity (Wildman–Crippen MR) is 65.4 cm³/mol. The summed E-state index contributed by atoms with van der Waals surface area (Å²) in [7, 11) is -4.03. The maximum Gasteiger partial charge on any atom is 0.338 e. The van der Waals surface area contributed by atoms with E-state index in [-0.39, 0.29) is 5.02 Å². The van der Waals surface area contributed by atoms with Crippen LogP contribution in [0.25, 0.3) is 0 Å². The lowest BCUT2D eigenvalue weighted by Gasteiger charge is -2.06. The third-order valence-corrected chi connectivity index (χ3v) is 3.97. The minimum absolute atomic E-state index is 0.178. The third-order valence-electron chi connectivity index (χ3n) is 1.97. The van der Waals surface area contributed by atoms with Crippen molar-refractivity contribution in [1.29, 1.82) is 0 Å². The van der Waals surface area contributed by atoms with Gasteiger partial charge in [0.15, 0.2) is 15.7 Å². The second kappa shape index (κ2) is 5.69. The molecule has 0 bridgehead atoms. The van der Waals surface area contributed by atoms with Gasteiger partial charge in [0.05, 0.1) is 11.3 Å². The van der Waals surface area contributed by atoms with Crippen LogP contribution in [0.4, 0.5) is 4.39 Å². The van der Waals surface area contributed by atoms with Crippen LogP contribution in [-0.2, 0) is 9.84 Å². The molecule has 0 fully saturated rings. The fourth-order valence-electron chi connectivity index (χ4n) is 1.20. The monoisotopic (exact) mass is 312 g/mol. The number of aromatic carboxylic acids is 1. The van der Waals surface area contributed by atoms with Crippen molar-refractivity contribution in [2.75, 3.05) is 5.75 Å². The summed E-state index contributed by atoms with van der Waals surface area (Å²) in [5.74, 6) is -3.48. The maximum absolute atomic E-state index is 13.8. The van der Waals surface area contributed by atoms with Gasteiger partial charge in [-0.15, -0.1) is 0 Å². The first-order valence-corrected chi connectivity index (χ1v) is 6.96. The topological polar surface area (TPSA) is 71.4 Å². The summed E-state index contributed by atoms with van der Waals surface area (Å²) in [6, 6.07) is 1.70. The molecule has 0 amide bonds. The number of benzene rings is 1. The fraction of sp³-hybridized carbons (Fsp3) is 0.100. The molecule has 0 unspecified atom stereocenters. The molecule has 0 aliphatic carbocycles. The molecule has 4 nitrogen and oxygen atoms in total. The molecule has 8 heteroatoms. The number of carboxylic acids is 1. The van der Waals surface area contributed by atoms with E-state index in [9.17, 15) is 17.6 Å². The number of hydrogen-bond acceptors (Lipinski definition) is 3. The van der Waals surface area contributed by atoms with Crippen molar-refractivity contribution in [3.05, 3.63) is 40.1 Å². The van der Waals surface area contributed by atoms with Gasteiger partial charge in [-0.05, 0) is 12.1 Å². The molecule has 1 rings (SSSR count). The molecule has 1 N–H and O–H groups in total. The van der Waals surface area contributed by atoms with Gasteiger partial charge in [0.1, 0.15) is 4.90 Å². The SMILES string of the molecule is O=C(O)c1cc(Cl)cc(S(=O)(=O)C/C=C/Cl)c1F. The van der Waals surface area contributed by atoms with Gasteiger partial charge in [-0.25, -0.2) is 17.6 Å². The largest absolute Gasteiger partial charge is 0.478 e. The summed E-state index contributed by atoms with van der Waals surface area (Å²) in [5.41, 5.74) is 0.175. The molecule has 0 aliphatic rings. The van der Waals surface area contributed by atoms with Gasteiger partial charge in [0.2, 0.25) is 0 Å². The van der Waals surface area contributed by atoms with Gasteiger partial charge in [0, 0.05) is 10.6 Å². The Morgan fingerprint density at radius 1 is 1.44 bits per heavy atom. The minimum Gasteiger partial charge on any atom is -0.478 e. The number of carboxylic acid groups (broad SMARTS) is 1. The highest BCUT2D eigenvalue weighted by Gasteiger charge is 2.24. The Morgan fingerprint density at radius 3 is 2.56 bits per heavy atom. The van der Waals surface area contributed by atoms with Crippen LogP contribution in [0, 0.1) is 5.82 Å². The van der Waals surface area contributed by atoms with Crippen molar-refractivity contribution in [2.45, 2.75) is 4.90 Å². The third kappa shape index (κ3) is 3.22. The Kier molecular flexibility index (Phi) is 4.72. The standard InChI is InChI=1S/C10H7Cl2FO4S/c11-2-1-3-18(16,17)8-5-6(12)4-7(9(8)13)10(14)15/h1-2,4-5H,3H2,(H,14,15)/b2-1+. The van der Waals surface area contributed by atoms with Crippen molar-refractivity contribution in [3.63, 3.8) is 0 Å². The molecular formula is C10H7Cl2FO4S. The number of halogens is 3. The van der Waals surface area contributed by atoms with Crippen LogP contribution in [0.1, 0.15) is 10.4 Å². The van der Waals surface area contributed by atoms with Crippen molar-refractivity contribution < 1.29 is 22.7 Å². The summed E-state index contributed by atoms with van der Waals surface area (Å²) in [6.45, 7) is 0. The van der Waals surface area contributed by atoms with Gasteiger partial charge >= 0.3 is 5.97 Å². The van der Waals surface area contributed by atoms with E-state index in [1.165, 1.54) is 0 Å². The molecule has 0 heterocycles. The Bertz CT molecular complexity index is 611. The van der Waals surface area contributed by atoms with Crippen molar-refractivity contribution in [1.82, 2.24) is 0 Å². The molecule has 0 radical (unpaired) electrons. The summed E-state index contributed by atoms with van der Waals surface area (Å²) < 4.78 is 37.2. The van der Waals surface area contributed by atoms with E-state index < -0.39 is 37.8 Å². The lowest BCUT2D eigenvalue weighted by molar-refractivity contribution is 0.0691. The molecule has 0 aromatic heterocycles. The molecule has 0 aliphatic heterocycles. The number of hydrogen-bond donors (Lipinski definition) is 1. The van der Waals surface area contributed by atoms with Crippen LogP contribution >= 0.6 is 23.2 Å². The van der Waals surface area contributed by atoms with Crippen LogP contribution in [0.15, 0.2) is 28.6 Å². The van der Waals surface area contributed by atoms with Crippen molar-refractivity contribution in [2.24, 2.45) is 0 Å². The van der Waals surface area contributed by atoms with Crippen molar-refractivity contribution in [3.8, 4) is 0 Å². The molecule has 0 saturated heterocycles. The van der Waals surface area contributed by atoms with Gasteiger partial charge < -0.3 is 5.11 Å². The zero-order valence-corrected chi connectivity index (χ0v) is 11.1. The summed E-state index contributed by atoms with van der Waals surface area (Å²) in [4.78, 5) is 9.98.